The number of likely N-dealkylation sites (N-methyl/N-ethyl adjacent to an activating group) is 1. The van der Waals surface area contributed by atoms with Gasteiger partial charge >= 0.3 is 5.97 Å². The smallest absolute Gasteiger partial charge is 0.308 e. The van der Waals surface area contributed by atoms with Gasteiger partial charge in [-0.2, -0.15) is 0 Å². The fourth-order valence-electron chi connectivity index (χ4n) is 2.72. The highest BCUT2D eigenvalue weighted by Gasteiger charge is 2.24. The first-order valence-corrected chi connectivity index (χ1v) is 11.0. The van der Waals surface area contributed by atoms with Crippen molar-refractivity contribution in [2.45, 2.75) is 47.3 Å². The highest BCUT2D eigenvalue weighted by Crippen LogP contribution is 2.26. The highest BCUT2D eigenvalue weighted by molar-refractivity contribution is 5.97. The summed E-state index contributed by atoms with van der Waals surface area (Å²) < 4.78 is 10.5. The number of esters is 1. The van der Waals surface area contributed by atoms with E-state index in [1.165, 1.54) is 7.11 Å². The Labute approximate surface area is 195 Å². The van der Waals surface area contributed by atoms with Gasteiger partial charge in [-0.3, -0.25) is 19.2 Å². The molecule has 0 aliphatic rings. The Balaban J connectivity index is 2.66. The standard InChI is InChI=1S/C23H36N4O6/c1-7-24-11-19(28)27-21(14(2)3)22(30)25-12-20(29)26-17-9-8-16(10-18(17)32-6)13-33-23(31)15(4)5/h8-10,14-15,21,24H,7,11-13H2,1-6H3,(H,25,30)(H,26,29)(H,27,28). The molecular weight excluding hydrogens is 428 g/mol. The maximum atomic E-state index is 12.5. The van der Waals surface area contributed by atoms with Gasteiger partial charge in [0.1, 0.15) is 18.4 Å². The fourth-order valence-corrected chi connectivity index (χ4v) is 2.72. The van der Waals surface area contributed by atoms with Gasteiger partial charge in [0.2, 0.25) is 17.7 Å². The van der Waals surface area contributed by atoms with Crippen molar-refractivity contribution >= 4 is 29.4 Å². The maximum Gasteiger partial charge on any atom is 0.308 e. The van der Waals surface area contributed by atoms with Crippen molar-refractivity contribution in [1.82, 2.24) is 16.0 Å². The van der Waals surface area contributed by atoms with Crippen LogP contribution in [0.5, 0.6) is 5.75 Å². The summed E-state index contributed by atoms with van der Waals surface area (Å²) in [6.07, 6.45) is 0. The summed E-state index contributed by atoms with van der Waals surface area (Å²) in [7, 11) is 1.46. The fraction of sp³-hybridized carbons (Fsp3) is 0.565. The van der Waals surface area contributed by atoms with Gasteiger partial charge < -0.3 is 30.7 Å². The van der Waals surface area contributed by atoms with Crippen LogP contribution in [0, 0.1) is 11.8 Å². The molecule has 0 saturated heterocycles. The van der Waals surface area contributed by atoms with E-state index in [1.807, 2.05) is 20.8 Å². The molecule has 33 heavy (non-hydrogen) atoms. The number of rotatable bonds is 13. The van der Waals surface area contributed by atoms with Crippen LogP contribution in [0.15, 0.2) is 18.2 Å². The van der Waals surface area contributed by atoms with E-state index < -0.39 is 17.9 Å². The number of ether oxygens (including phenoxy) is 2. The summed E-state index contributed by atoms with van der Waals surface area (Å²) in [5.74, 6) is -1.49. The number of hydrogen-bond acceptors (Lipinski definition) is 7. The summed E-state index contributed by atoms with van der Waals surface area (Å²) >= 11 is 0. The number of anilines is 1. The van der Waals surface area contributed by atoms with Crippen molar-refractivity contribution in [3.05, 3.63) is 23.8 Å². The van der Waals surface area contributed by atoms with Crippen LogP contribution in [0.25, 0.3) is 0 Å². The average molecular weight is 465 g/mol. The lowest BCUT2D eigenvalue weighted by molar-refractivity contribution is -0.148. The van der Waals surface area contributed by atoms with Crippen molar-refractivity contribution < 1.29 is 28.7 Å². The zero-order chi connectivity index (χ0) is 25.0. The van der Waals surface area contributed by atoms with Crippen LogP contribution in [0.1, 0.15) is 40.2 Å². The molecule has 0 saturated carbocycles. The minimum Gasteiger partial charge on any atom is -0.495 e. The van der Waals surface area contributed by atoms with Gasteiger partial charge in [-0.25, -0.2) is 0 Å². The van der Waals surface area contributed by atoms with Gasteiger partial charge in [-0.1, -0.05) is 40.7 Å². The van der Waals surface area contributed by atoms with Crippen molar-refractivity contribution in [2.75, 3.05) is 32.1 Å². The number of carbonyl (C=O) groups excluding carboxylic acids is 4. The zero-order valence-corrected chi connectivity index (χ0v) is 20.2. The van der Waals surface area contributed by atoms with E-state index >= 15 is 0 Å². The van der Waals surface area contributed by atoms with Crippen LogP contribution in [-0.2, 0) is 30.5 Å². The molecule has 0 spiro atoms. The zero-order valence-electron chi connectivity index (χ0n) is 20.2. The van der Waals surface area contributed by atoms with E-state index in [2.05, 4.69) is 21.3 Å². The van der Waals surface area contributed by atoms with Crippen LogP contribution in [0.4, 0.5) is 5.69 Å². The molecule has 10 nitrogen and oxygen atoms in total. The molecule has 0 aliphatic heterocycles. The molecule has 1 atom stereocenters. The number of hydrogen-bond donors (Lipinski definition) is 4. The molecule has 0 aromatic heterocycles. The molecule has 0 heterocycles. The minimum absolute atomic E-state index is 0.0910. The van der Waals surface area contributed by atoms with Crippen molar-refractivity contribution in [2.24, 2.45) is 11.8 Å². The summed E-state index contributed by atoms with van der Waals surface area (Å²) in [5.41, 5.74) is 1.12. The molecule has 1 aromatic rings. The summed E-state index contributed by atoms with van der Waals surface area (Å²) in [4.78, 5) is 48.4. The van der Waals surface area contributed by atoms with Gasteiger partial charge in [0.15, 0.2) is 0 Å². The molecule has 0 bridgehead atoms. The van der Waals surface area contributed by atoms with Crippen molar-refractivity contribution in [3.8, 4) is 5.75 Å². The van der Waals surface area contributed by atoms with Crippen LogP contribution in [0.3, 0.4) is 0 Å². The van der Waals surface area contributed by atoms with Gasteiger partial charge in [0.05, 0.1) is 31.8 Å². The normalized spacial score (nSPS) is 11.6. The highest BCUT2D eigenvalue weighted by atomic mass is 16.5. The Kier molecular flexibility index (Phi) is 11.9. The Morgan fingerprint density at radius 2 is 1.70 bits per heavy atom. The molecule has 1 aromatic carbocycles. The van der Waals surface area contributed by atoms with Crippen LogP contribution >= 0.6 is 0 Å². The molecule has 10 heteroatoms. The summed E-state index contributed by atoms with van der Waals surface area (Å²) in [6.45, 7) is 9.56. The Hall–Kier alpha value is -3.14. The van der Waals surface area contributed by atoms with Crippen molar-refractivity contribution in [3.63, 3.8) is 0 Å². The van der Waals surface area contributed by atoms with Gasteiger partial charge in [0.25, 0.3) is 0 Å². The van der Waals surface area contributed by atoms with E-state index in [-0.39, 0.29) is 43.4 Å². The number of methoxy groups -OCH3 is 1. The van der Waals surface area contributed by atoms with Gasteiger partial charge in [-0.15, -0.1) is 0 Å². The second-order valence-electron chi connectivity index (χ2n) is 8.13. The first-order valence-electron chi connectivity index (χ1n) is 11.0. The number of benzene rings is 1. The second-order valence-corrected chi connectivity index (χ2v) is 8.13. The Bertz CT molecular complexity index is 825. The third-order valence-electron chi connectivity index (χ3n) is 4.62. The van der Waals surface area contributed by atoms with Crippen LogP contribution in [-0.4, -0.2) is 56.5 Å². The van der Waals surface area contributed by atoms with Crippen molar-refractivity contribution in [1.29, 1.82) is 0 Å². The second kappa shape index (κ2) is 14.1. The number of carbonyl (C=O) groups is 4. The molecule has 1 rings (SSSR count). The SMILES string of the molecule is CCNCC(=O)NC(C(=O)NCC(=O)Nc1ccc(COC(=O)C(C)C)cc1OC)C(C)C. The monoisotopic (exact) mass is 464 g/mol. The summed E-state index contributed by atoms with van der Waals surface area (Å²) in [5, 5.41) is 10.8. The molecule has 0 fully saturated rings. The molecule has 184 valence electrons. The molecule has 4 N–H and O–H groups in total. The minimum atomic E-state index is -0.758. The lowest BCUT2D eigenvalue weighted by Crippen LogP contribution is -2.52. The van der Waals surface area contributed by atoms with E-state index in [0.717, 1.165) is 0 Å². The maximum absolute atomic E-state index is 12.5. The number of amides is 3. The molecule has 0 aliphatic carbocycles. The lowest BCUT2D eigenvalue weighted by atomic mass is 10.0. The predicted molar refractivity (Wildman–Crippen MR) is 125 cm³/mol. The largest absolute Gasteiger partial charge is 0.495 e. The van der Waals surface area contributed by atoms with E-state index in [1.54, 1.807) is 32.0 Å². The molecule has 1 unspecified atom stereocenters. The quantitative estimate of drug-likeness (QED) is 0.322. The molecule has 3 amide bonds. The Morgan fingerprint density at radius 3 is 2.27 bits per heavy atom. The third kappa shape index (κ3) is 9.90. The van der Waals surface area contributed by atoms with Crippen LogP contribution < -0.4 is 26.0 Å². The van der Waals surface area contributed by atoms with E-state index in [4.69, 9.17) is 9.47 Å². The van der Waals surface area contributed by atoms with E-state index in [9.17, 15) is 19.2 Å². The summed E-state index contributed by atoms with van der Waals surface area (Å²) in [6, 6.07) is 4.25. The molecular formula is C23H36N4O6. The van der Waals surface area contributed by atoms with Crippen LogP contribution in [0.2, 0.25) is 0 Å². The topological polar surface area (TPSA) is 135 Å². The average Bonchev–Trinajstić information content (AvgIpc) is 2.78. The lowest BCUT2D eigenvalue weighted by Gasteiger charge is -2.21. The van der Waals surface area contributed by atoms with Gasteiger partial charge in [-0.05, 0) is 30.2 Å². The first kappa shape index (κ1) is 27.9. The number of nitrogens with one attached hydrogen (secondary N) is 4. The third-order valence-corrected chi connectivity index (χ3v) is 4.62. The first-order chi connectivity index (χ1) is 15.6. The Morgan fingerprint density at radius 1 is 1.00 bits per heavy atom. The predicted octanol–water partition coefficient (Wildman–Crippen LogP) is 1.20. The van der Waals surface area contributed by atoms with Gasteiger partial charge in [0, 0.05) is 0 Å². The van der Waals surface area contributed by atoms with E-state index in [0.29, 0.717) is 23.5 Å². The molecule has 0 radical (unpaired) electrons.